The fourth-order valence-corrected chi connectivity index (χ4v) is 2.89. The lowest BCUT2D eigenvalue weighted by molar-refractivity contribution is 0.750. The number of fused-ring (bicyclic) bond motifs is 1. The maximum absolute atomic E-state index is 6.15. The van der Waals surface area contributed by atoms with E-state index in [0.717, 1.165) is 43.9 Å². The van der Waals surface area contributed by atoms with Gasteiger partial charge in [-0.2, -0.15) is 0 Å². The van der Waals surface area contributed by atoms with Gasteiger partial charge in [0.05, 0.1) is 0 Å². The minimum absolute atomic E-state index is 0.529. The Bertz CT molecular complexity index is 612. The number of aryl methyl sites for hydroxylation is 2. The second kappa shape index (κ2) is 5.80. The van der Waals surface area contributed by atoms with Gasteiger partial charge < -0.3 is 4.90 Å². The average Bonchev–Trinajstić information content (AvgIpc) is 2.46. The summed E-state index contributed by atoms with van der Waals surface area (Å²) in [6, 6.07) is 10.4. The Morgan fingerprint density at radius 3 is 2.95 bits per heavy atom. The Morgan fingerprint density at radius 2 is 2.10 bits per heavy atom. The predicted octanol–water partition coefficient (Wildman–Crippen LogP) is 4.17. The van der Waals surface area contributed by atoms with E-state index < -0.39 is 0 Å². The summed E-state index contributed by atoms with van der Waals surface area (Å²) in [7, 11) is 0. The molecule has 0 bridgehead atoms. The molecule has 0 saturated heterocycles. The molecule has 0 amide bonds. The largest absolute Gasteiger partial charge is 0.326 e. The zero-order valence-electron chi connectivity index (χ0n) is 11.6. The van der Waals surface area contributed by atoms with E-state index in [1.54, 1.807) is 0 Å². The highest BCUT2D eigenvalue weighted by Gasteiger charge is 2.19. The van der Waals surface area contributed by atoms with Crippen molar-refractivity contribution in [2.24, 2.45) is 0 Å². The number of para-hydroxylation sites is 1. The Kier molecular flexibility index (Phi) is 3.88. The zero-order valence-corrected chi connectivity index (χ0v) is 12.4. The monoisotopic (exact) mass is 287 g/mol. The van der Waals surface area contributed by atoms with Crippen molar-refractivity contribution in [3.8, 4) is 0 Å². The van der Waals surface area contributed by atoms with Crippen LogP contribution in [0, 0.1) is 0 Å². The normalized spacial score (nSPS) is 14.2. The van der Waals surface area contributed by atoms with Crippen molar-refractivity contribution in [1.29, 1.82) is 0 Å². The third-order valence-corrected chi connectivity index (χ3v) is 3.78. The molecule has 3 rings (SSSR count). The first-order valence-corrected chi connectivity index (χ1v) is 7.54. The average molecular weight is 288 g/mol. The molecule has 0 aliphatic carbocycles. The Balaban J connectivity index is 2.01. The van der Waals surface area contributed by atoms with Gasteiger partial charge in [0.2, 0.25) is 0 Å². The van der Waals surface area contributed by atoms with E-state index in [2.05, 4.69) is 46.1 Å². The Labute approximate surface area is 124 Å². The summed E-state index contributed by atoms with van der Waals surface area (Å²) >= 11 is 6.15. The van der Waals surface area contributed by atoms with Gasteiger partial charge in [-0.05, 0) is 30.9 Å². The lowest BCUT2D eigenvalue weighted by Crippen LogP contribution is -2.25. The number of benzene rings is 1. The summed E-state index contributed by atoms with van der Waals surface area (Å²) < 4.78 is 0. The fourth-order valence-electron chi connectivity index (χ4n) is 2.70. The molecule has 0 fully saturated rings. The van der Waals surface area contributed by atoms with Crippen LogP contribution in [0.4, 0.5) is 11.5 Å². The van der Waals surface area contributed by atoms with Gasteiger partial charge in [-0.1, -0.05) is 36.7 Å². The van der Waals surface area contributed by atoms with E-state index in [1.165, 1.54) is 11.3 Å². The van der Waals surface area contributed by atoms with E-state index in [1.807, 2.05) is 6.07 Å². The zero-order chi connectivity index (χ0) is 13.9. The summed E-state index contributed by atoms with van der Waals surface area (Å²) in [5.41, 5.74) is 2.63. The van der Waals surface area contributed by atoms with Gasteiger partial charge in [-0.25, -0.2) is 9.97 Å². The molecule has 1 aliphatic rings. The van der Waals surface area contributed by atoms with E-state index in [-0.39, 0.29) is 0 Å². The van der Waals surface area contributed by atoms with Crippen molar-refractivity contribution in [2.45, 2.75) is 32.6 Å². The van der Waals surface area contributed by atoms with Gasteiger partial charge in [-0.15, -0.1) is 0 Å². The molecule has 2 aromatic rings. The van der Waals surface area contributed by atoms with Crippen LogP contribution in [0.1, 0.15) is 31.2 Å². The first kappa shape index (κ1) is 13.4. The molecule has 3 nitrogen and oxygen atoms in total. The smallest absolute Gasteiger partial charge is 0.138 e. The number of hydrogen-bond acceptors (Lipinski definition) is 3. The first-order chi connectivity index (χ1) is 9.78. The molecule has 0 spiro atoms. The topological polar surface area (TPSA) is 29.0 Å². The van der Waals surface area contributed by atoms with Crippen LogP contribution >= 0.6 is 11.6 Å². The van der Waals surface area contributed by atoms with E-state index in [0.29, 0.717) is 5.15 Å². The predicted molar refractivity (Wildman–Crippen MR) is 82.8 cm³/mol. The van der Waals surface area contributed by atoms with Crippen molar-refractivity contribution in [3.63, 3.8) is 0 Å². The van der Waals surface area contributed by atoms with Crippen LogP contribution in [-0.4, -0.2) is 16.5 Å². The number of anilines is 2. The molecule has 0 radical (unpaired) electrons. The van der Waals surface area contributed by atoms with Crippen LogP contribution in [-0.2, 0) is 12.8 Å². The molecule has 0 saturated carbocycles. The van der Waals surface area contributed by atoms with Gasteiger partial charge >= 0.3 is 0 Å². The van der Waals surface area contributed by atoms with Crippen LogP contribution in [0.3, 0.4) is 0 Å². The second-order valence-electron chi connectivity index (χ2n) is 5.10. The lowest BCUT2D eigenvalue weighted by Gasteiger charge is -2.30. The summed E-state index contributed by atoms with van der Waals surface area (Å²) in [5, 5.41) is 0.529. The highest BCUT2D eigenvalue weighted by atomic mass is 35.5. The van der Waals surface area contributed by atoms with Crippen LogP contribution < -0.4 is 4.90 Å². The standard InChI is InChI=1S/C16H18ClN3/c1-2-6-15-18-14(17)11-16(19-15)20-10-5-8-12-7-3-4-9-13(12)20/h3-4,7,9,11H,2,5-6,8,10H2,1H3. The van der Waals surface area contributed by atoms with Crippen molar-refractivity contribution in [3.05, 3.63) is 46.9 Å². The van der Waals surface area contributed by atoms with Gasteiger partial charge in [0, 0.05) is 24.7 Å². The molecule has 0 unspecified atom stereocenters. The summed E-state index contributed by atoms with van der Waals surface area (Å²) in [4.78, 5) is 11.2. The number of rotatable bonds is 3. The number of halogens is 1. The highest BCUT2D eigenvalue weighted by molar-refractivity contribution is 6.29. The molecule has 4 heteroatoms. The molecule has 1 aliphatic heterocycles. The van der Waals surface area contributed by atoms with Crippen molar-refractivity contribution in [2.75, 3.05) is 11.4 Å². The fraction of sp³-hybridized carbons (Fsp3) is 0.375. The molecule has 20 heavy (non-hydrogen) atoms. The molecular weight excluding hydrogens is 270 g/mol. The van der Waals surface area contributed by atoms with Crippen molar-refractivity contribution >= 4 is 23.1 Å². The van der Waals surface area contributed by atoms with Gasteiger partial charge in [0.15, 0.2) is 0 Å². The summed E-state index contributed by atoms with van der Waals surface area (Å²) in [5.74, 6) is 1.75. The third kappa shape index (κ3) is 2.63. The van der Waals surface area contributed by atoms with Gasteiger partial charge in [0.1, 0.15) is 16.8 Å². The Hall–Kier alpha value is -1.61. The first-order valence-electron chi connectivity index (χ1n) is 7.17. The molecule has 104 valence electrons. The van der Waals surface area contributed by atoms with E-state index in [9.17, 15) is 0 Å². The highest BCUT2D eigenvalue weighted by Crippen LogP contribution is 2.32. The number of aromatic nitrogens is 2. The molecule has 0 atom stereocenters. The summed E-state index contributed by atoms with van der Waals surface area (Å²) in [6.07, 6.45) is 4.16. The van der Waals surface area contributed by atoms with Crippen LogP contribution in [0.25, 0.3) is 0 Å². The maximum atomic E-state index is 6.15. The van der Waals surface area contributed by atoms with Crippen LogP contribution in [0.2, 0.25) is 5.15 Å². The lowest BCUT2D eigenvalue weighted by atomic mass is 10.0. The summed E-state index contributed by atoms with van der Waals surface area (Å²) in [6.45, 7) is 3.11. The second-order valence-corrected chi connectivity index (χ2v) is 5.49. The minimum atomic E-state index is 0.529. The third-order valence-electron chi connectivity index (χ3n) is 3.59. The molecule has 1 aromatic heterocycles. The van der Waals surface area contributed by atoms with Crippen molar-refractivity contribution < 1.29 is 0 Å². The van der Waals surface area contributed by atoms with E-state index in [4.69, 9.17) is 11.6 Å². The molecule has 1 aromatic carbocycles. The van der Waals surface area contributed by atoms with Crippen LogP contribution in [0.5, 0.6) is 0 Å². The SMILES string of the molecule is CCCc1nc(Cl)cc(N2CCCc3ccccc32)n1. The van der Waals surface area contributed by atoms with Crippen LogP contribution in [0.15, 0.2) is 30.3 Å². The number of nitrogens with zero attached hydrogens (tertiary/aromatic N) is 3. The molecule has 0 N–H and O–H groups in total. The quantitative estimate of drug-likeness (QED) is 0.794. The maximum Gasteiger partial charge on any atom is 0.138 e. The number of hydrogen-bond donors (Lipinski definition) is 0. The van der Waals surface area contributed by atoms with E-state index >= 15 is 0 Å². The minimum Gasteiger partial charge on any atom is -0.326 e. The van der Waals surface area contributed by atoms with Gasteiger partial charge in [-0.3, -0.25) is 0 Å². The van der Waals surface area contributed by atoms with Gasteiger partial charge in [0.25, 0.3) is 0 Å². The molecular formula is C16H18ClN3. The molecule has 2 heterocycles. The van der Waals surface area contributed by atoms with Crippen molar-refractivity contribution in [1.82, 2.24) is 9.97 Å². The Morgan fingerprint density at radius 1 is 1.25 bits per heavy atom.